The lowest BCUT2D eigenvalue weighted by molar-refractivity contribution is -0.144. The summed E-state index contributed by atoms with van der Waals surface area (Å²) in [6, 6.07) is 28.1. The number of hydrogen-bond acceptors (Lipinski definition) is 5. The molecule has 2 aliphatic rings. The van der Waals surface area contributed by atoms with E-state index in [2.05, 4.69) is 22.2 Å². The largest absolute Gasteiger partial charge is 0.459 e. The maximum absolute atomic E-state index is 13.5. The van der Waals surface area contributed by atoms with Gasteiger partial charge in [-0.2, -0.15) is 10.2 Å². The Labute approximate surface area is 212 Å². The fraction of sp³-hybridized carbons (Fsp3) is 0.276. The number of nitrogens with zero attached hydrogens (tertiary/aromatic N) is 3. The van der Waals surface area contributed by atoms with Crippen LogP contribution in [0.25, 0.3) is 11.6 Å². The maximum atomic E-state index is 13.5. The monoisotopic (exact) mass is 487 g/mol. The second-order valence-corrected chi connectivity index (χ2v) is 9.10. The van der Waals surface area contributed by atoms with Crippen LogP contribution in [0.3, 0.4) is 0 Å². The number of esters is 1. The third kappa shape index (κ3) is 6.05. The molecule has 0 N–H and O–H groups in total. The Morgan fingerprint density at radius 1 is 0.857 bits per heavy atom. The van der Waals surface area contributed by atoms with Crippen molar-refractivity contribution in [1.82, 2.24) is 4.90 Å². The number of piperidine rings is 1. The standard InChI is InChI=1S/C29H29N3O2.ClH/c1-32-25-15-16-26(32)20-27(19-25)34-29(33)28(17-21-9-4-2-5-10-21)22-11-8-14-24(18-22)31-30-23-12-6-3-7-13-23;/h2-14,17-18,25-27H,15-16,19-20H2,1H3;1H/b28-17+,31-30?;/t25-,26+,27?;. The molecule has 2 heterocycles. The first-order chi connectivity index (χ1) is 16.7. The van der Waals surface area contributed by atoms with Crippen molar-refractivity contribution >= 4 is 41.4 Å². The minimum Gasteiger partial charge on any atom is -0.459 e. The molecule has 5 rings (SSSR count). The number of fused-ring (bicyclic) bond motifs is 2. The molecular weight excluding hydrogens is 458 g/mol. The summed E-state index contributed by atoms with van der Waals surface area (Å²) < 4.78 is 6.09. The average Bonchev–Trinajstić information content (AvgIpc) is 3.07. The van der Waals surface area contributed by atoms with E-state index in [0.29, 0.717) is 23.3 Å². The van der Waals surface area contributed by atoms with Gasteiger partial charge in [0, 0.05) is 24.9 Å². The number of ether oxygens (including phenoxy) is 1. The van der Waals surface area contributed by atoms with Gasteiger partial charge >= 0.3 is 5.97 Å². The second kappa shape index (κ2) is 11.4. The predicted octanol–water partition coefficient (Wildman–Crippen LogP) is 7.23. The molecule has 0 saturated carbocycles. The summed E-state index contributed by atoms with van der Waals surface area (Å²) >= 11 is 0. The van der Waals surface area contributed by atoms with Gasteiger partial charge in [-0.15, -0.1) is 12.4 Å². The van der Waals surface area contributed by atoms with Gasteiger partial charge in [-0.3, -0.25) is 0 Å². The Balaban J connectivity index is 0.00000289. The van der Waals surface area contributed by atoms with Crippen molar-refractivity contribution < 1.29 is 9.53 Å². The van der Waals surface area contributed by atoms with Gasteiger partial charge in [-0.25, -0.2) is 4.79 Å². The molecule has 0 amide bonds. The summed E-state index contributed by atoms with van der Waals surface area (Å²) in [6.07, 6.45) is 6.05. The molecule has 0 aliphatic carbocycles. The molecule has 3 atom stereocenters. The van der Waals surface area contributed by atoms with Crippen molar-refractivity contribution in [3.05, 3.63) is 96.1 Å². The molecular formula is C29H30ClN3O2. The van der Waals surface area contributed by atoms with Crippen LogP contribution >= 0.6 is 12.4 Å². The van der Waals surface area contributed by atoms with Crippen LogP contribution in [0.2, 0.25) is 0 Å². The van der Waals surface area contributed by atoms with Crippen LogP contribution in [0, 0.1) is 0 Å². The maximum Gasteiger partial charge on any atom is 0.339 e. The van der Waals surface area contributed by atoms with E-state index < -0.39 is 0 Å². The Morgan fingerprint density at radius 3 is 2.14 bits per heavy atom. The molecule has 2 fully saturated rings. The SMILES string of the molecule is CN1[C@@H]2CC[C@H]1CC(OC(=O)/C(=C/c1ccccc1)c1cccc(N=Nc3ccccc3)c1)C2.Cl. The number of benzene rings is 3. The molecule has 2 saturated heterocycles. The van der Waals surface area contributed by atoms with Crippen LogP contribution in [0.5, 0.6) is 0 Å². The van der Waals surface area contributed by atoms with Crippen molar-refractivity contribution in [2.75, 3.05) is 7.05 Å². The minimum absolute atomic E-state index is 0. The normalized spacial score (nSPS) is 22.1. The Kier molecular flexibility index (Phi) is 8.11. The highest BCUT2D eigenvalue weighted by Crippen LogP contribution is 2.36. The topological polar surface area (TPSA) is 54.3 Å². The molecule has 6 heteroatoms. The van der Waals surface area contributed by atoms with E-state index in [-0.39, 0.29) is 24.5 Å². The van der Waals surface area contributed by atoms with E-state index in [4.69, 9.17) is 4.74 Å². The van der Waals surface area contributed by atoms with Gasteiger partial charge in [0.15, 0.2) is 0 Å². The zero-order valence-corrected chi connectivity index (χ0v) is 20.6. The average molecular weight is 488 g/mol. The first-order valence-electron chi connectivity index (χ1n) is 11.9. The van der Waals surface area contributed by atoms with Gasteiger partial charge in [0.05, 0.1) is 16.9 Å². The van der Waals surface area contributed by atoms with E-state index in [1.807, 2.05) is 91.0 Å². The van der Waals surface area contributed by atoms with E-state index in [9.17, 15) is 4.79 Å². The summed E-state index contributed by atoms with van der Waals surface area (Å²) in [5.41, 5.74) is 3.73. The summed E-state index contributed by atoms with van der Waals surface area (Å²) in [4.78, 5) is 15.9. The molecule has 0 aromatic heterocycles. The summed E-state index contributed by atoms with van der Waals surface area (Å²) in [5.74, 6) is -0.282. The van der Waals surface area contributed by atoms with Crippen molar-refractivity contribution in [2.45, 2.75) is 43.9 Å². The van der Waals surface area contributed by atoms with Gasteiger partial charge < -0.3 is 9.64 Å². The van der Waals surface area contributed by atoms with E-state index >= 15 is 0 Å². The lowest BCUT2D eigenvalue weighted by atomic mass is 9.99. The fourth-order valence-electron chi connectivity index (χ4n) is 4.99. The molecule has 5 nitrogen and oxygen atoms in total. The summed E-state index contributed by atoms with van der Waals surface area (Å²) in [7, 11) is 2.19. The van der Waals surface area contributed by atoms with Crippen molar-refractivity contribution in [3.63, 3.8) is 0 Å². The van der Waals surface area contributed by atoms with Crippen LogP contribution in [0.15, 0.2) is 95.2 Å². The number of azo groups is 1. The Morgan fingerprint density at radius 2 is 1.46 bits per heavy atom. The van der Waals surface area contributed by atoms with Gasteiger partial charge in [-0.1, -0.05) is 60.7 Å². The van der Waals surface area contributed by atoms with Crippen molar-refractivity contribution in [1.29, 1.82) is 0 Å². The lowest BCUT2D eigenvalue weighted by Crippen LogP contribution is -2.43. The van der Waals surface area contributed by atoms with E-state index in [0.717, 1.165) is 29.7 Å². The molecule has 2 bridgehead atoms. The number of halogens is 1. The van der Waals surface area contributed by atoms with Crippen LogP contribution in [-0.4, -0.2) is 36.1 Å². The highest BCUT2D eigenvalue weighted by atomic mass is 35.5. The third-order valence-electron chi connectivity index (χ3n) is 6.85. The van der Waals surface area contributed by atoms with Crippen LogP contribution in [0.4, 0.5) is 11.4 Å². The fourth-order valence-corrected chi connectivity index (χ4v) is 4.99. The third-order valence-corrected chi connectivity index (χ3v) is 6.85. The molecule has 0 spiro atoms. The number of rotatable bonds is 6. The highest BCUT2D eigenvalue weighted by Gasteiger charge is 2.40. The molecule has 0 radical (unpaired) electrons. The van der Waals surface area contributed by atoms with Crippen molar-refractivity contribution in [3.8, 4) is 0 Å². The zero-order valence-electron chi connectivity index (χ0n) is 19.8. The van der Waals surface area contributed by atoms with Crippen LogP contribution in [0.1, 0.15) is 36.8 Å². The van der Waals surface area contributed by atoms with Crippen LogP contribution in [-0.2, 0) is 9.53 Å². The first-order valence-corrected chi connectivity index (χ1v) is 11.9. The van der Waals surface area contributed by atoms with Crippen molar-refractivity contribution in [2.24, 2.45) is 10.2 Å². The highest BCUT2D eigenvalue weighted by molar-refractivity contribution is 6.21. The molecule has 35 heavy (non-hydrogen) atoms. The molecule has 3 aromatic rings. The first kappa shape index (κ1) is 24.8. The van der Waals surface area contributed by atoms with Gasteiger partial charge in [0.25, 0.3) is 0 Å². The molecule has 2 aliphatic heterocycles. The zero-order chi connectivity index (χ0) is 23.3. The molecule has 1 unspecified atom stereocenters. The van der Waals surface area contributed by atoms with Gasteiger partial charge in [0.1, 0.15) is 6.10 Å². The van der Waals surface area contributed by atoms with Gasteiger partial charge in [0.2, 0.25) is 0 Å². The molecule has 180 valence electrons. The van der Waals surface area contributed by atoms with Gasteiger partial charge in [-0.05, 0) is 61.4 Å². The summed E-state index contributed by atoms with van der Waals surface area (Å²) in [5, 5.41) is 8.69. The van der Waals surface area contributed by atoms with E-state index in [1.165, 1.54) is 12.8 Å². The Hall–Kier alpha value is -3.28. The smallest absolute Gasteiger partial charge is 0.339 e. The summed E-state index contributed by atoms with van der Waals surface area (Å²) in [6.45, 7) is 0. The second-order valence-electron chi connectivity index (χ2n) is 9.10. The van der Waals surface area contributed by atoms with E-state index in [1.54, 1.807) is 0 Å². The minimum atomic E-state index is -0.282. The molecule has 3 aromatic carbocycles. The van der Waals surface area contributed by atoms with Crippen LogP contribution < -0.4 is 0 Å². The number of carbonyl (C=O) groups is 1. The number of carbonyl (C=O) groups excluding carboxylic acids is 1. The predicted molar refractivity (Wildman–Crippen MR) is 142 cm³/mol. The lowest BCUT2D eigenvalue weighted by Gasteiger charge is -2.35. The quantitative estimate of drug-likeness (QED) is 0.159. The number of hydrogen-bond donors (Lipinski definition) is 0. The Bertz CT molecular complexity index is 1180.